The molecule has 1 aromatic carbocycles. The van der Waals surface area contributed by atoms with Crippen molar-refractivity contribution in [2.75, 3.05) is 5.38 Å². The van der Waals surface area contributed by atoms with Gasteiger partial charge in [-0.3, -0.25) is 0 Å². The van der Waals surface area contributed by atoms with Crippen molar-refractivity contribution >= 4 is 30.7 Å². The number of halogens is 1. The normalized spacial score (nSPS) is 11.3. The molecule has 2 aromatic rings. The van der Waals surface area contributed by atoms with Crippen LogP contribution in [0, 0.1) is 0 Å². The maximum atomic E-state index is 2.42. The van der Waals surface area contributed by atoms with Crippen molar-refractivity contribution in [3.05, 3.63) is 42.6 Å². The zero-order valence-corrected chi connectivity index (χ0v) is 13.8. The van der Waals surface area contributed by atoms with E-state index >= 15 is 0 Å². The standard InChI is InChI=1S/C14H20NSSi.ClH/c1-17(2,3)12-16-11-15-10-6-8-13-7-4-5-9-14(13)15;/h4-10H,11-12H2,1-3H3;1H/q+1;/p-1. The summed E-state index contributed by atoms with van der Waals surface area (Å²) in [5, 5.41) is 2.65. The Balaban J connectivity index is 0.00000162. The van der Waals surface area contributed by atoms with Gasteiger partial charge in [0.1, 0.15) is 0 Å². The van der Waals surface area contributed by atoms with Crippen LogP contribution in [-0.4, -0.2) is 13.5 Å². The van der Waals surface area contributed by atoms with Gasteiger partial charge in [0.15, 0.2) is 12.1 Å². The van der Waals surface area contributed by atoms with E-state index in [1.165, 1.54) is 16.3 Å². The molecule has 0 saturated heterocycles. The molecular weight excluding hydrogens is 278 g/mol. The van der Waals surface area contributed by atoms with E-state index in [-0.39, 0.29) is 12.4 Å². The van der Waals surface area contributed by atoms with Gasteiger partial charge in [-0.15, -0.1) is 0 Å². The van der Waals surface area contributed by atoms with E-state index in [4.69, 9.17) is 0 Å². The lowest BCUT2D eigenvalue weighted by Crippen LogP contribution is -3.00. The molecule has 4 heteroatoms. The van der Waals surface area contributed by atoms with E-state index in [1.807, 2.05) is 0 Å². The molecule has 0 atom stereocenters. The lowest BCUT2D eigenvalue weighted by molar-refractivity contribution is -0.649. The predicted octanol–water partition coefficient (Wildman–Crippen LogP) is 0.699. The molecule has 1 nitrogen and oxygen atoms in total. The summed E-state index contributed by atoms with van der Waals surface area (Å²) in [5.41, 5.74) is 1.33. The van der Waals surface area contributed by atoms with E-state index in [0.717, 1.165) is 5.88 Å². The van der Waals surface area contributed by atoms with Crippen LogP contribution in [0.25, 0.3) is 10.9 Å². The minimum absolute atomic E-state index is 0. The fraction of sp³-hybridized carbons (Fsp3) is 0.357. The van der Waals surface area contributed by atoms with E-state index in [2.05, 4.69) is 78.6 Å². The highest BCUT2D eigenvalue weighted by atomic mass is 35.5. The molecule has 1 heterocycles. The molecule has 0 aliphatic carbocycles. The molecular formula is C14H20ClNSSi. The van der Waals surface area contributed by atoms with Crippen molar-refractivity contribution in [3.63, 3.8) is 0 Å². The van der Waals surface area contributed by atoms with Crippen LogP contribution in [-0.2, 0) is 5.88 Å². The van der Waals surface area contributed by atoms with Gasteiger partial charge in [-0.2, -0.15) is 4.57 Å². The fourth-order valence-corrected chi connectivity index (χ4v) is 5.02. The van der Waals surface area contributed by atoms with Gasteiger partial charge in [0.25, 0.3) is 0 Å². The van der Waals surface area contributed by atoms with Crippen molar-refractivity contribution in [2.45, 2.75) is 25.5 Å². The second-order valence-electron chi connectivity index (χ2n) is 5.58. The Kier molecular flexibility index (Phi) is 5.69. The maximum absolute atomic E-state index is 2.42. The summed E-state index contributed by atoms with van der Waals surface area (Å²) in [6.45, 7) is 7.27. The molecule has 0 saturated carbocycles. The molecule has 0 radical (unpaired) electrons. The first-order valence-electron chi connectivity index (χ1n) is 6.01. The second kappa shape index (κ2) is 6.59. The minimum Gasteiger partial charge on any atom is -1.00 e. The highest BCUT2D eigenvalue weighted by Gasteiger charge is 2.15. The van der Waals surface area contributed by atoms with Crippen LogP contribution in [0.5, 0.6) is 0 Å². The Morgan fingerprint density at radius 1 is 1.06 bits per heavy atom. The van der Waals surface area contributed by atoms with Gasteiger partial charge in [0.2, 0.25) is 5.52 Å². The number of benzene rings is 1. The quantitative estimate of drug-likeness (QED) is 0.594. The van der Waals surface area contributed by atoms with Crippen LogP contribution in [0.2, 0.25) is 19.6 Å². The zero-order chi connectivity index (χ0) is 12.3. The number of hydrogen-bond acceptors (Lipinski definition) is 1. The number of hydrogen-bond donors (Lipinski definition) is 0. The van der Waals surface area contributed by atoms with Crippen molar-refractivity contribution in [1.29, 1.82) is 0 Å². The molecule has 18 heavy (non-hydrogen) atoms. The third-order valence-corrected chi connectivity index (χ3v) is 7.29. The smallest absolute Gasteiger partial charge is 0.213 e. The first-order valence-corrected chi connectivity index (χ1v) is 10.9. The first-order chi connectivity index (χ1) is 8.06. The molecule has 98 valence electrons. The van der Waals surface area contributed by atoms with E-state index in [1.54, 1.807) is 0 Å². The van der Waals surface area contributed by atoms with E-state index in [9.17, 15) is 0 Å². The Hall–Kier alpha value is -0.513. The molecule has 1 aromatic heterocycles. The van der Waals surface area contributed by atoms with Crippen LogP contribution >= 0.6 is 11.8 Å². The Bertz CT molecular complexity index is 505. The summed E-state index contributed by atoms with van der Waals surface area (Å²) in [6, 6.07) is 12.9. The molecule has 0 bridgehead atoms. The highest BCUT2D eigenvalue weighted by Crippen LogP contribution is 2.13. The number of fused-ring (bicyclic) bond motifs is 1. The monoisotopic (exact) mass is 297 g/mol. The lowest BCUT2D eigenvalue weighted by Gasteiger charge is -2.13. The van der Waals surface area contributed by atoms with Crippen LogP contribution in [0.15, 0.2) is 42.6 Å². The fourth-order valence-electron chi connectivity index (χ4n) is 1.78. The summed E-state index contributed by atoms with van der Waals surface area (Å²) < 4.78 is 2.35. The van der Waals surface area contributed by atoms with Crippen molar-refractivity contribution in [1.82, 2.24) is 0 Å². The number of thioether (sulfide) groups is 1. The number of rotatable bonds is 4. The van der Waals surface area contributed by atoms with Crippen LogP contribution in [0.1, 0.15) is 0 Å². The van der Waals surface area contributed by atoms with Gasteiger partial charge in [-0.25, -0.2) is 0 Å². The molecule has 0 N–H and O–H groups in total. The van der Waals surface area contributed by atoms with E-state index in [0.29, 0.717) is 0 Å². The largest absolute Gasteiger partial charge is 1.00 e. The van der Waals surface area contributed by atoms with Gasteiger partial charge in [-0.1, -0.05) is 43.5 Å². The molecule has 0 unspecified atom stereocenters. The number of nitrogens with zero attached hydrogens (tertiary/aromatic N) is 1. The third-order valence-electron chi connectivity index (χ3n) is 2.55. The van der Waals surface area contributed by atoms with Gasteiger partial charge in [0, 0.05) is 17.5 Å². The summed E-state index contributed by atoms with van der Waals surface area (Å²) >= 11 is 2.05. The number of para-hydroxylation sites is 1. The molecule has 0 amide bonds. The minimum atomic E-state index is -0.929. The summed E-state index contributed by atoms with van der Waals surface area (Å²) in [4.78, 5) is 0. The second-order valence-corrected chi connectivity index (χ2v) is 12.5. The molecule has 0 aliphatic rings. The van der Waals surface area contributed by atoms with Gasteiger partial charge >= 0.3 is 0 Å². The Labute approximate surface area is 121 Å². The maximum Gasteiger partial charge on any atom is 0.213 e. The average molecular weight is 298 g/mol. The summed E-state index contributed by atoms with van der Waals surface area (Å²) in [5.74, 6) is 1.06. The van der Waals surface area contributed by atoms with Gasteiger partial charge in [0.05, 0.1) is 8.07 Å². The average Bonchev–Trinajstić information content (AvgIpc) is 2.28. The Morgan fingerprint density at radius 2 is 1.72 bits per heavy atom. The SMILES string of the molecule is C[Si](C)(C)CSC[n+]1cccc2ccccc21.[Cl-]. The molecule has 0 aliphatic heterocycles. The first kappa shape index (κ1) is 15.5. The van der Waals surface area contributed by atoms with E-state index < -0.39 is 8.07 Å². The van der Waals surface area contributed by atoms with Crippen LogP contribution < -0.4 is 17.0 Å². The number of pyridine rings is 1. The van der Waals surface area contributed by atoms with Crippen LogP contribution in [0.4, 0.5) is 0 Å². The van der Waals surface area contributed by atoms with Gasteiger partial charge < -0.3 is 12.4 Å². The van der Waals surface area contributed by atoms with Crippen LogP contribution in [0.3, 0.4) is 0 Å². The Morgan fingerprint density at radius 3 is 2.44 bits per heavy atom. The zero-order valence-electron chi connectivity index (χ0n) is 11.2. The molecule has 0 fully saturated rings. The van der Waals surface area contributed by atoms with Crippen molar-refractivity contribution in [3.8, 4) is 0 Å². The third kappa shape index (κ3) is 4.30. The van der Waals surface area contributed by atoms with Crippen molar-refractivity contribution < 1.29 is 17.0 Å². The predicted molar refractivity (Wildman–Crippen MR) is 79.9 cm³/mol. The molecule has 0 spiro atoms. The highest BCUT2D eigenvalue weighted by molar-refractivity contribution is 7.99. The topological polar surface area (TPSA) is 3.88 Å². The summed E-state index contributed by atoms with van der Waals surface area (Å²) in [7, 11) is -0.929. The lowest BCUT2D eigenvalue weighted by atomic mass is 10.2. The van der Waals surface area contributed by atoms with Gasteiger partial charge in [-0.05, 0) is 17.5 Å². The number of aromatic nitrogens is 1. The van der Waals surface area contributed by atoms with Crippen molar-refractivity contribution in [2.24, 2.45) is 0 Å². The summed E-state index contributed by atoms with van der Waals surface area (Å²) in [6.07, 6.45) is 2.18. The molecule has 2 rings (SSSR count).